The first-order valence-electron chi connectivity index (χ1n) is 5.53. The topological polar surface area (TPSA) is 54.0 Å². The third-order valence-electron chi connectivity index (χ3n) is 2.78. The minimum Gasteiger partial charge on any atom is -0.352 e. The first kappa shape index (κ1) is 11.1. The molecule has 2 aromatic rings. The Balaban J connectivity index is 2.00. The Hall–Kier alpha value is -2.01. The molecule has 5 heteroatoms. The molecule has 0 radical (unpaired) electrons. The van der Waals surface area contributed by atoms with Crippen molar-refractivity contribution in [2.75, 3.05) is 0 Å². The molecule has 90 valence electrons. The van der Waals surface area contributed by atoms with Crippen molar-refractivity contribution < 1.29 is 4.79 Å². The molecule has 2 heterocycles. The Morgan fingerprint density at radius 3 is 2.89 bits per heavy atom. The SMILES string of the molecule is O=C1NC(S)N/C1=C\c1ccc2cnccc2c1. The Morgan fingerprint density at radius 2 is 2.11 bits per heavy atom. The minimum atomic E-state index is -0.312. The molecule has 1 unspecified atom stereocenters. The fourth-order valence-electron chi connectivity index (χ4n) is 1.92. The van der Waals surface area contributed by atoms with Crippen LogP contribution in [0.2, 0.25) is 0 Å². The van der Waals surface area contributed by atoms with E-state index in [1.54, 1.807) is 6.20 Å². The van der Waals surface area contributed by atoms with Gasteiger partial charge in [-0.2, -0.15) is 0 Å². The molecule has 4 nitrogen and oxygen atoms in total. The zero-order valence-corrected chi connectivity index (χ0v) is 10.3. The second-order valence-electron chi connectivity index (χ2n) is 4.06. The van der Waals surface area contributed by atoms with Gasteiger partial charge in [-0.15, -0.1) is 12.6 Å². The van der Waals surface area contributed by atoms with Crippen LogP contribution in [-0.4, -0.2) is 16.4 Å². The number of nitrogens with one attached hydrogen (secondary N) is 2. The van der Waals surface area contributed by atoms with Gasteiger partial charge in [0.25, 0.3) is 5.91 Å². The monoisotopic (exact) mass is 257 g/mol. The molecule has 18 heavy (non-hydrogen) atoms. The molecular weight excluding hydrogens is 246 g/mol. The quantitative estimate of drug-likeness (QED) is 0.536. The molecule has 1 saturated heterocycles. The number of aromatic nitrogens is 1. The van der Waals surface area contributed by atoms with E-state index in [0.29, 0.717) is 5.70 Å². The molecule has 2 N–H and O–H groups in total. The van der Waals surface area contributed by atoms with Gasteiger partial charge in [-0.05, 0) is 29.2 Å². The molecule has 1 amide bonds. The van der Waals surface area contributed by atoms with E-state index in [1.807, 2.05) is 36.5 Å². The number of hydrogen-bond donors (Lipinski definition) is 3. The molecule has 1 atom stereocenters. The summed E-state index contributed by atoms with van der Waals surface area (Å²) in [7, 11) is 0. The van der Waals surface area contributed by atoms with Gasteiger partial charge >= 0.3 is 0 Å². The summed E-state index contributed by atoms with van der Waals surface area (Å²) in [6.07, 6.45) is 5.38. The van der Waals surface area contributed by atoms with Crippen LogP contribution in [-0.2, 0) is 4.79 Å². The van der Waals surface area contributed by atoms with E-state index in [-0.39, 0.29) is 11.4 Å². The zero-order valence-electron chi connectivity index (χ0n) is 9.42. The summed E-state index contributed by atoms with van der Waals surface area (Å²) in [6, 6.07) is 7.91. The Bertz CT molecular complexity index is 653. The molecule has 0 bridgehead atoms. The number of carbonyl (C=O) groups is 1. The summed E-state index contributed by atoms with van der Waals surface area (Å²) in [6.45, 7) is 0. The predicted octanol–water partition coefficient (Wildman–Crippen LogP) is 1.51. The largest absolute Gasteiger partial charge is 0.352 e. The standard InChI is InChI=1S/C13H11N3OS/c17-12-11(15-13(18)16-12)6-8-1-2-10-7-14-4-3-9(10)5-8/h1-7,13,15,18H,(H,16,17)/b11-6-. The van der Waals surface area contributed by atoms with Gasteiger partial charge in [0, 0.05) is 17.8 Å². The summed E-state index contributed by atoms with van der Waals surface area (Å²) in [4.78, 5) is 15.6. The number of carbonyl (C=O) groups excluding carboxylic acids is 1. The van der Waals surface area contributed by atoms with E-state index >= 15 is 0 Å². The van der Waals surface area contributed by atoms with Crippen molar-refractivity contribution in [1.82, 2.24) is 15.6 Å². The highest BCUT2D eigenvalue weighted by Crippen LogP contribution is 2.17. The third kappa shape index (κ3) is 2.04. The number of benzene rings is 1. The Kier molecular flexibility index (Phi) is 2.68. The second kappa shape index (κ2) is 4.34. The summed E-state index contributed by atoms with van der Waals surface area (Å²) < 4.78 is 0. The van der Waals surface area contributed by atoms with Crippen LogP contribution in [0.5, 0.6) is 0 Å². The molecule has 1 fully saturated rings. The number of fused-ring (bicyclic) bond motifs is 1. The van der Waals surface area contributed by atoms with Crippen LogP contribution >= 0.6 is 12.6 Å². The molecule has 3 rings (SSSR count). The number of nitrogens with zero attached hydrogens (tertiary/aromatic N) is 1. The van der Waals surface area contributed by atoms with Crippen LogP contribution in [0.15, 0.2) is 42.4 Å². The van der Waals surface area contributed by atoms with Gasteiger partial charge in [0.15, 0.2) is 0 Å². The van der Waals surface area contributed by atoms with Gasteiger partial charge in [0.05, 0.1) is 0 Å². The molecule has 1 aliphatic rings. The number of rotatable bonds is 1. The predicted molar refractivity (Wildman–Crippen MR) is 73.8 cm³/mol. The highest BCUT2D eigenvalue weighted by atomic mass is 32.1. The molecule has 0 spiro atoms. The first-order valence-corrected chi connectivity index (χ1v) is 6.05. The number of amides is 1. The van der Waals surface area contributed by atoms with Crippen LogP contribution in [0.4, 0.5) is 0 Å². The molecule has 0 saturated carbocycles. The fraction of sp³-hybridized carbons (Fsp3) is 0.0769. The van der Waals surface area contributed by atoms with Gasteiger partial charge in [0.2, 0.25) is 0 Å². The van der Waals surface area contributed by atoms with Crippen molar-refractivity contribution in [3.8, 4) is 0 Å². The van der Waals surface area contributed by atoms with Gasteiger partial charge in [-0.25, -0.2) is 0 Å². The molecule has 1 aromatic carbocycles. The maximum atomic E-state index is 11.6. The molecule has 0 aliphatic carbocycles. The lowest BCUT2D eigenvalue weighted by atomic mass is 10.1. The Labute approximate surface area is 110 Å². The van der Waals surface area contributed by atoms with Gasteiger partial charge in [-0.1, -0.05) is 12.1 Å². The van der Waals surface area contributed by atoms with E-state index in [9.17, 15) is 4.79 Å². The fourth-order valence-corrected chi connectivity index (χ4v) is 2.17. The maximum absolute atomic E-state index is 11.6. The maximum Gasteiger partial charge on any atom is 0.269 e. The molecule has 1 aromatic heterocycles. The van der Waals surface area contributed by atoms with E-state index in [0.717, 1.165) is 16.3 Å². The zero-order chi connectivity index (χ0) is 12.5. The lowest BCUT2D eigenvalue weighted by Crippen LogP contribution is -2.25. The highest BCUT2D eigenvalue weighted by molar-refractivity contribution is 7.80. The minimum absolute atomic E-state index is 0.134. The van der Waals surface area contributed by atoms with Crippen molar-refractivity contribution in [2.45, 2.75) is 5.50 Å². The summed E-state index contributed by atoms with van der Waals surface area (Å²) >= 11 is 4.14. The third-order valence-corrected chi connectivity index (χ3v) is 3.04. The van der Waals surface area contributed by atoms with Crippen molar-refractivity contribution in [2.24, 2.45) is 0 Å². The van der Waals surface area contributed by atoms with Gasteiger partial charge < -0.3 is 10.6 Å². The highest BCUT2D eigenvalue weighted by Gasteiger charge is 2.21. The summed E-state index contributed by atoms with van der Waals surface area (Å²) in [5, 5.41) is 7.79. The van der Waals surface area contributed by atoms with Crippen LogP contribution in [0.1, 0.15) is 5.56 Å². The first-order chi connectivity index (χ1) is 8.72. The van der Waals surface area contributed by atoms with Crippen molar-refractivity contribution in [3.05, 3.63) is 47.9 Å². The lowest BCUT2D eigenvalue weighted by molar-refractivity contribution is -0.116. The van der Waals surface area contributed by atoms with Crippen LogP contribution < -0.4 is 10.6 Å². The van der Waals surface area contributed by atoms with Crippen LogP contribution in [0, 0.1) is 0 Å². The smallest absolute Gasteiger partial charge is 0.269 e. The summed E-state index contributed by atoms with van der Waals surface area (Å²) in [5.41, 5.74) is 1.19. The van der Waals surface area contributed by atoms with Crippen LogP contribution in [0.25, 0.3) is 16.8 Å². The van der Waals surface area contributed by atoms with Crippen LogP contribution in [0.3, 0.4) is 0 Å². The van der Waals surface area contributed by atoms with Gasteiger partial charge in [0.1, 0.15) is 11.2 Å². The van der Waals surface area contributed by atoms with Gasteiger partial charge in [-0.3, -0.25) is 9.78 Å². The lowest BCUT2D eigenvalue weighted by Gasteiger charge is -2.01. The summed E-state index contributed by atoms with van der Waals surface area (Å²) in [5.74, 6) is -0.134. The number of thiol groups is 1. The van der Waals surface area contributed by atoms with Crippen molar-refractivity contribution in [1.29, 1.82) is 0 Å². The second-order valence-corrected chi connectivity index (χ2v) is 4.58. The van der Waals surface area contributed by atoms with E-state index in [4.69, 9.17) is 0 Å². The molecule has 1 aliphatic heterocycles. The molecular formula is C13H11N3OS. The average Bonchev–Trinajstić information content (AvgIpc) is 2.68. The van der Waals surface area contributed by atoms with E-state index in [1.165, 1.54) is 0 Å². The van der Waals surface area contributed by atoms with Crippen molar-refractivity contribution >= 4 is 35.4 Å². The average molecular weight is 257 g/mol. The number of hydrogen-bond acceptors (Lipinski definition) is 4. The number of pyridine rings is 1. The van der Waals surface area contributed by atoms with E-state index < -0.39 is 0 Å². The van der Waals surface area contributed by atoms with E-state index in [2.05, 4.69) is 28.2 Å². The normalized spacial score (nSPS) is 21.1. The Morgan fingerprint density at radius 1 is 1.22 bits per heavy atom. The van der Waals surface area contributed by atoms with Crippen molar-refractivity contribution in [3.63, 3.8) is 0 Å².